The van der Waals surface area contributed by atoms with Gasteiger partial charge in [0.1, 0.15) is 11.8 Å². The third-order valence-corrected chi connectivity index (χ3v) is 4.74. The van der Waals surface area contributed by atoms with E-state index in [4.69, 9.17) is 4.74 Å². The van der Waals surface area contributed by atoms with Crippen LogP contribution in [0.4, 0.5) is 0 Å². The average molecular weight is 402 g/mol. The molecule has 0 heterocycles. The number of carbonyl (C=O) groups excluding carboxylic acids is 2. The topological polar surface area (TPSA) is 75.6 Å². The second kappa shape index (κ2) is 13.6. The van der Waals surface area contributed by atoms with Gasteiger partial charge in [0.2, 0.25) is 5.91 Å². The molecule has 2 N–H and O–H groups in total. The number of allylic oxidation sites excluding steroid dienone is 3. The first-order valence-corrected chi connectivity index (χ1v) is 10.4. The van der Waals surface area contributed by atoms with Gasteiger partial charge in [0.25, 0.3) is 0 Å². The zero-order valence-corrected chi connectivity index (χ0v) is 18.1. The summed E-state index contributed by atoms with van der Waals surface area (Å²) in [5.74, 6) is -0.232. The molecule has 0 fully saturated rings. The Labute approximate surface area is 174 Å². The smallest absolute Gasteiger partial charge is 0.328 e. The maximum Gasteiger partial charge on any atom is 0.328 e. The van der Waals surface area contributed by atoms with Crippen LogP contribution >= 0.6 is 0 Å². The van der Waals surface area contributed by atoms with Gasteiger partial charge in [0.05, 0.1) is 7.11 Å². The summed E-state index contributed by atoms with van der Waals surface area (Å²) >= 11 is 0. The number of methoxy groups -OCH3 is 1. The molecule has 0 radical (unpaired) electrons. The van der Waals surface area contributed by atoms with Crippen LogP contribution in [-0.2, 0) is 20.7 Å². The normalized spacial score (nSPS) is 13.9. The number of nitrogens with one attached hydrogen (secondary N) is 1. The van der Waals surface area contributed by atoms with Gasteiger partial charge in [0, 0.05) is 12.5 Å². The first-order valence-electron chi connectivity index (χ1n) is 10.4. The van der Waals surface area contributed by atoms with Crippen LogP contribution < -0.4 is 5.32 Å². The highest BCUT2D eigenvalue weighted by atomic mass is 16.5. The predicted octanol–water partition coefficient (Wildman–Crippen LogP) is 4.70. The Balaban J connectivity index is 2.61. The lowest BCUT2D eigenvalue weighted by Crippen LogP contribution is -2.42. The summed E-state index contributed by atoms with van der Waals surface area (Å²) in [6, 6.07) is 5.72. The molecule has 0 spiro atoms. The molecule has 0 aromatic heterocycles. The number of carbonyl (C=O) groups is 2. The SMILES string of the molecule is CCCCCCC(C)C=C(C)C=CC(=O)NC(Cc1ccc(O)cc1)C(=O)OC. The van der Waals surface area contributed by atoms with Gasteiger partial charge in [-0.05, 0) is 37.0 Å². The Morgan fingerprint density at radius 2 is 1.83 bits per heavy atom. The van der Waals surface area contributed by atoms with Crippen molar-refractivity contribution < 1.29 is 19.4 Å². The van der Waals surface area contributed by atoms with Crippen molar-refractivity contribution >= 4 is 11.9 Å². The number of hydrogen-bond donors (Lipinski definition) is 2. The molecule has 1 aromatic carbocycles. The number of phenols is 1. The highest BCUT2D eigenvalue weighted by Crippen LogP contribution is 2.14. The number of esters is 1. The maximum atomic E-state index is 12.3. The monoisotopic (exact) mass is 401 g/mol. The van der Waals surface area contributed by atoms with Gasteiger partial charge in [-0.15, -0.1) is 0 Å². The van der Waals surface area contributed by atoms with E-state index >= 15 is 0 Å². The van der Waals surface area contributed by atoms with Gasteiger partial charge >= 0.3 is 5.97 Å². The second-order valence-corrected chi connectivity index (χ2v) is 7.53. The van der Waals surface area contributed by atoms with Crippen molar-refractivity contribution in [2.75, 3.05) is 7.11 Å². The highest BCUT2D eigenvalue weighted by Gasteiger charge is 2.21. The number of amides is 1. The van der Waals surface area contributed by atoms with Crippen LogP contribution in [0.25, 0.3) is 0 Å². The van der Waals surface area contributed by atoms with Crippen LogP contribution in [0, 0.1) is 5.92 Å². The lowest BCUT2D eigenvalue weighted by molar-refractivity contribution is -0.144. The number of phenolic OH excluding ortho intramolecular Hbond substituents is 1. The molecule has 2 atom stereocenters. The van der Waals surface area contributed by atoms with Gasteiger partial charge in [-0.1, -0.05) is 69.4 Å². The molecule has 1 rings (SSSR count). The van der Waals surface area contributed by atoms with E-state index < -0.39 is 12.0 Å². The number of ether oxygens (including phenoxy) is 1. The summed E-state index contributed by atoms with van der Waals surface area (Å²) in [7, 11) is 1.29. The molecule has 0 saturated carbocycles. The molecule has 0 aliphatic rings. The molecular formula is C24H35NO4. The molecule has 0 bridgehead atoms. The minimum atomic E-state index is -0.788. The van der Waals surface area contributed by atoms with Crippen LogP contribution in [0.2, 0.25) is 0 Å². The minimum absolute atomic E-state index is 0.150. The van der Waals surface area contributed by atoms with E-state index in [1.165, 1.54) is 38.9 Å². The van der Waals surface area contributed by atoms with Gasteiger partial charge in [0.15, 0.2) is 0 Å². The summed E-state index contributed by atoms with van der Waals surface area (Å²) in [5, 5.41) is 12.1. The molecule has 1 amide bonds. The molecule has 160 valence electrons. The molecule has 0 aliphatic heterocycles. The van der Waals surface area contributed by atoms with Crippen LogP contribution in [-0.4, -0.2) is 30.1 Å². The zero-order chi connectivity index (χ0) is 21.6. The van der Waals surface area contributed by atoms with E-state index in [0.29, 0.717) is 5.92 Å². The summed E-state index contributed by atoms with van der Waals surface area (Å²) in [4.78, 5) is 24.3. The molecular weight excluding hydrogens is 366 g/mol. The Kier molecular flexibility index (Phi) is 11.5. The van der Waals surface area contributed by atoms with Crippen molar-refractivity contribution in [3.8, 4) is 5.75 Å². The number of aromatic hydroxyl groups is 1. The third-order valence-electron chi connectivity index (χ3n) is 4.74. The van der Waals surface area contributed by atoms with Gasteiger partial charge in [-0.25, -0.2) is 4.79 Å². The van der Waals surface area contributed by atoms with E-state index in [1.54, 1.807) is 30.3 Å². The molecule has 5 heteroatoms. The van der Waals surface area contributed by atoms with E-state index in [-0.39, 0.29) is 18.1 Å². The summed E-state index contributed by atoms with van der Waals surface area (Å²) in [6.07, 6.45) is 11.8. The van der Waals surface area contributed by atoms with E-state index in [0.717, 1.165) is 17.6 Å². The Morgan fingerprint density at radius 3 is 2.45 bits per heavy atom. The van der Waals surface area contributed by atoms with E-state index in [9.17, 15) is 14.7 Å². The molecule has 2 unspecified atom stereocenters. The number of hydrogen-bond acceptors (Lipinski definition) is 4. The molecule has 29 heavy (non-hydrogen) atoms. The fraction of sp³-hybridized carbons (Fsp3) is 0.500. The third kappa shape index (κ3) is 10.5. The standard InChI is InChI=1S/C24H35NO4/c1-5-6-7-8-9-18(2)16-19(3)10-15-23(27)25-22(24(28)29-4)17-20-11-13-21(26)14-12-20/h10-16,18,22,26H,5-9,17H2,1-4H3,(H,25,27). The summed E-state index contributed by atoms with van der Waals surface area (Å²) in [5.41, 5.74) is 1.84. The number of unbranched alkanes of at least 4 members (excludes halogenated alkanes) is 3. The first kappa shape index (κ1) is 24.5. The maximum absolute atomic E-state index is 12.3. The Bertz CT molecular complexity index is 691. The van der Waals surface area contributed by atoms with Crippen LogP contribution in [0.5, 0.6) is 5.75 Å². The van der Waals surface area contributed by atoms with Gasteiger partial charge < -0.3 is 15.2 Å². The van der Waals surface area contributed by atoms with Crippen molar-refractivity contribution in [2.24, 2.45) is 5.92 Å². The summed E-state index contributed by atoms with van der Waals surface area (Å²) in [6.45, 7) is 6.37. The lowest BCUT2D eigenvalue weighted by atomic mass is 10.00. The molecule has 0 saturated heterocycles. The fourth-order valence-corrected chi connectivity index (χ4v) is 3.11. The van der Waals surface area contributed by atoms with Crippen molar-refractivity contribution in [3.05, 3.63) is 53.6 Å². The lowest BCUT2D eigenvalue weighted by Gasteiger charge is -2.15. The molecule has 5 nitrogen and oxygen atoms in total. The molecule has 0 aliphatic carbocycles. The van der Waals surface area contributed by atoms with Crippen molar-refractivity contribution in [2.45, 2.75) is 65.3 Å². The number of benzene rings is 1. The largest absolute Gasteiger partial charge is 0.508 e. The van der Waals surface area contributed by atoms with E-state index in [1.807, 2.05) is 6.92 Å². The highest BCUT2D eigenvalue weighted by molar-refractivity contribution is 5.91. The van der Waals surface area contributed by atoms with Crippen molar-refractivity contribution in [3.63, 3.8) is 0 Å². The second-order valence-electron chi connectivity index (χ2n) is 7.53. The Hall–Kier alpha value is -2.56. The minimum Gasteiger partial charge on any atom is -0.508 e. The number of rotatable bonds is 12. The van der Waals surface area contributed by atoms with Crippen LogP contribution in [0.15, 0.2) is 48.1 Å². The summed E-state index contributed by atoms with van der Waals surface area (Å²) < 4.78 is 4.80. The van der Waals surface area contributed by atoms with E-state index in [2.05, 4.69) is 25.2 Å². The van der Waals surface area contributed by atoms with Gasteiger partial charge in [-0.3, -0.25) is 4.79 Å². The Morgan fingerprint density at radius 1 is 1.14 bits per heavy atom. The fourth-order valence-electron chi connectivity index (χ4n) is 3.11. The van der Waals surface area contributed by atoms with Gasteiger partial charge in [-0.2, -0.15) is 0 Å². The van der Waals surface area contributed by atoms with Crippen molar-refractivity contribution in [1.82, 2.24) is 5.32 Å². The zero-order valence-electron chi connectivity index (χ0n) is 18.1. The average Bonchev–Trinajstić information content (AvgIpc) is 2.70. The van der Waals surface area contributed by atoms with Crippen LogP contribution in [0.1, 0.15) is 58.4 Å². The predicted molar refractivity (Wildman–Crippen MR) is 117 cm³/mol. The first-order chi connectivity index (χ1) is 13.8. The quantitative estimate of drug-likeness (QED) is 0.230. The molecule has 1 aromatic rings. The van der Waals surface area contributed by atoms with Crippen molar-refractivity contribution in [1.29, 1.82) is 0 Å². The van der Waals surface area contributed by atoms with Crippen LogP contribution in [0.3, 0.4) is 0 Å².